The molecule has 1 saturated carbocycles. The van der Waals surface area contributed by atoms with Crippen LogP contribution in [0.2, 0.25) is 0 Å². The highest BCUT2D eigenvalue weighted by Gasteiger charge is 2.29. The summed E-state index contributed by atoms with van der Waals surface area (Å²) in [7, 11) is 0. The smallest absolute Gasteiger partial charge is 0.123 e. The molecular formula is C16H20FN3. The van der Waals surface area contributed by atoms with Gasteiger partial charge in [-0.05, 0) is 55.5 Å². The molecule has 1 heterocycles. The Balaban J connectivity index is 1.33. The summed E-state index contributed by atoms with van der Waals surface area (Å²) in [5.74, 6) is 0.445. The molecule has 0 bridgehead atoms. The molecule has 1 aliphatic carbocycles. The van der Waals surface area contributed by atoms with Crippen molar-refractivity contribution < 1.29 is 4.39 Å². The Morgan fingerprint density at radius 3 is 2.75 bits per heavy atom. The summed E-state index contributed by atoms with van der Waals surface area (Å²) in [6.45, 7) is 1.99. The van der Waals surface area contributed by atoms with Crippen molar-refractivity contribution in [1.29, 1.82) is 0 Å². The van der Waals surface area contributed by atoms with E-state index in [1.807, 2.05) is 35.3 Å². The second-order valence-corrected chi connectivity index (χ2v) is 5.49. The molecule has 2 aromatic rings. The zero-order valence-electron chi connectivity index (χ0n) is 11.5. The molecule has 106 valence electrons. The number of aryl methyl sites for hydroxylation is 1. The highest BCUT2D eigenvalue weighted by Crippen LogP contribution is 2.36. The average Bonchev–Trinajstić information content (AvgIpc) is 2.91. The van der Waals surface area contributed by atoms with Gasteiger partial charge in [-0.15, -0.1) is 0 Å². The highest BCUT2D eigenvalue weighted by molar-refractivity contribution is 5.23. The van der Waals surface area contributed by atoms with E-state index in [1.54, 1.807) is 12.1 Å². The number of aromatic nitrogens is 2. The van der Waals surface area contributed by atoms with E-state index < -0.39 is 0 Å². The van der Waals surface area contributed by atoms with E-state index in [4.69, 9.17) is 0 Å². The van der Waals surface area contributed by atoms with Gasteiger partial charge in [-0.2, -0.15) is 5.10 Å². The van der Waals surface area contributed by atoms with E-state index in [1.165, 1.54) is 5.56 Å². The van der Waals surface area contributed by atoms with Crippen molar-refractivity contribution in [2.45, 2.75) is 37.8 Å². The van der Waals surface area contributed by atoms with Crippen LogP contribution in [0.3, 0.4) is 0 Å². The minimum atomic E-state index is -0.152. The quantitative estimate of drug-likeness (QED) is 0.820. The molecule has 20 heavy (non-hydrogen) atoms. The van der Waals surface area contributed by atoms with Crippen LogP contribution in [-0.4, -0.2) is 22.4 Å². The van der Waals surface area contributed by atoms with Crippen LogP contribution in [-0.2, 0) is 6.54 Å². The first-order chi connectivity index (χ1) is 9.81. The van der Waals surface area contributed by atoms with Crippen LogP contribution in [0.1, 0.15) is 30.7 Å². The molecule has 1 aromatic heterocycles. The van der Waals surface area contributed by atoms with Gasteiger partial charge < -0.3 is 5.32 Å². The van der Waals surface area contributed by atoms with E-state index in [9.17, 15) is 4.39 Å². The second kappa shape index (κ2) is 6.18. The minimum absolute atomic E-state index is 0.152. The van der Waals surface area contributed by atoms with E-state index in [2.05, 4.69) is 10.4 Å². The Morgan fingerprint density at radius 1 is 1.25 bits per heavy atom. The van der Waals surface area contributed by atoms with Crippen molar-refractivity contribution in [3.63, 3.8) is 0 Å². The maximum absolute atomic E-state index is 12.9. The molecule has 1 aromatic carbocycles. The highest BCUT2D eigenvalue weighted by atomic mass is 19.1. The molecule has 0 amide bonds. The lowest BCUT2D eigenvalue weighted by Gasteiger charge is -2.36. The van der Waals surface area contributed by atoms with Crippen molar-refractivity contribution in [1.82, 2.24) is 15.1 Å². The number of halogens is 1. The third-order valence-corrected chi connectivity index (χ3v) is 4.04. The number of rotatable bonds is 6. The second-order valence-electron chi connectivity index (χ2n) is 5.49. The molecule has 1 aliphatic rings. The van der Waals surface area contributed by atoms with Crippen molar-refractivity contribution >= 4 is 0 Å². The third kappa shape index (κ3) is 3.25. The summed E-state index contributed by atoms with van der Waals surface area (Å²) in [6.07, 6.45) is 7.22. The van der Waals surface area contributed by atoms with Crippen LogP contribution in [0.4, 0.5) is 4.39 Å². The molecule has 3 rings (SSSR count). The molecule has 0 spiro atoms. The molecule has 1 N–H and O–H groups in total. The normalized spacial score (nSPS) is 21.6. The average molecular weight is 273 g/mol. The van der Waals surface area contributed by atoms with Crippen LogP contribution in [0.25, 0.3) is 0 Å². The molecule has 0 atom stereocenters. The Hall–Kier alpha value is -1.68. The first-order valence-corrected chi connectivity index (χ1v) is 7.27. The predicted octanol–water partition coefficient (Wildman–Crippen LogP) is 2.95. The predicted molar refractivity (Wildman–Crippen MR) is 77.0 cm³/mol. The Bertz CT molecular complexity index is 515. The Labute approximate surface area is 118 Å². The maximum Gasteiger partial charge on any atom is 0.123 e. The Kier molecular flexibility index (Phi) is 4.11. The minimum Gasteiger partial charge on any atom is -0.314 e. The third-order valence-electron chi connectivity index (χ3n) is 4.04. The lowest BCUT2D eigenvalue weighted by atomic mass is 9.76. The van der Waals surface area contributed by atoms with Gasteiger partial charge in [0.05, 0.1) is 0 Å². The zero-order chi connectivity index (χ0) is 13.8. The SMILES string of the molecule is Fc1ccc(C2CC(NCCCn3cccn3)C2)cc1. The molecule has 0 aliphatic heterocycles. The van der Waals surface area contributed by atoms with Gasteiger partial charge in [0.25, 0.3) is 0 Å². The number of nitrogens with one attached hydrogen (secondary N) is 1. The number of benzene rings is 1. The molecule has 4 heteroatoms. The standard InChI is InChI=1S/C16H20FN3/c17-15-5-3-13(4-6-15)14-11-16(12-14)18-7-1-9-20-10-2-8-19-20/h2-6,8,10,14,16,18H,1,7,9,11-12H2. The van der Waals surface area contributed by atoms with E-state index in [0.29, 0.717) is 12.0 Å². The van der Waals surface area contributed by atoms with Gasteiger partial charge in [-0.25, -0.2) is 4.39 Å². The van der Waals surface area contributed by atoms with Crippen LogP contribution in [0, 0.1) is 5.82 Å². The van der Waals surface area contributed by atoms with Gasteiger partial charge in [0.15, 0.2) is 0 Å². The fourth-order valence-corrected chi connectivity index (χ4v) is 2.77. The zero-order valence-corrected chi connectivity index (χ0v) is 11.5. The van der Waals surface area contributed by atoms with Crippen LogP contribution in [0.5, 0.6) is 0 Å². The molecule has 0 saturated heterocycles. The molecule has 3 nitrogen and oxygen atoms in total. The van der Waals surface area contributed by atoms with Crippen LogP contribution < -0.4 is 5.32 Å². The van der Waals surface area contributed by atoms with Crippen LogP contribution >= 0.6 is 0 Å². The van der Waals surface area contributed by atoms with E-state index in [0.717, 1.165) is 32.4 Å². The van der Waals surface area contributed by atoms with Crippen molar-refractivity contribution in [2.24, 2.45) is 0 Å². The summed E-state index contributed by atoms with van der Waals surface area (Å²) in [5, 5.41) is 7.76. The fraction of sp³-hybridized carbons (Fsp3) is 0.438. The Morgan fingerprint density at radius 2 is 2.05 bits per heavy atom. The van der Waals surface area contributed by atoms with Gasteiger partial charge >= 0.3 is 0 Å². The molecule has 0 unspecified atom stereocenters. The summed E-state index contributed by atoms with van der Waals surface area (Å²) < 4.78 is 14.8. The van der Waals surface area contributed by atoms with Gasteiger partial charge in [-0.1, -0.05) is 12.1 Å². The molecule has 0 radical (unpaired) electrons. The fourth-order valence-electron chi connectivity index (χ4n) is 2.77. The maximum atomic E-state index is 12.9. The van der Waals surface area contributed by atoms with Crippen LogP contribution in [0.15, 0.2) is 42.7 Å². The number of nitrogens with zero attached hydrogens (tertiary/aromatic N) is 2. The van der Waals surface area contributed by atoms with Gasteiger partial charge in [-0.3, -0.25) is 4.68 Å². The molecular weight excluding hydrogens is 253 g/mol. The summed E-state index contributed by atoms with van der Waals surface area (Å²) in [6, 6.07) is 9.50. The van der Waals surface area contributed by atoms with Crippen molar-refractivity contribution in [3.05, 3.63) is 54.1 Å². The van der Waals surface area contributed by atoms with Gasteiger partial charge in [0.2, 0.25) is 0 Å². The number of hydrogen-bond donors (Lipinski definition) is 1. The summed E-state index contributed by atoms with van der Waals surface area (Å²) in [4.78, 5) is 0. The van der Waals surface area contributed by atoms with E-state index >= 15 is 0 Å². The first kappa shape index (κ1) is 13.3. The van der Waals surface area contributed by atoms with E-state index in [-0.39, 0.29) is 5.82 Å². The summed E-state index contributed by atoms with van der Waals surface area (Å²) >= 11 is 0. The largest absolute Gasteiger partial charge is 0.314 e. The topological polar surface area (TPSA) is 29.9 Å². The van der Waals surface area contributed by atoms with Gasteiger partial charge in [0.1, 0.15) is 5.82 Å². The lowest BCUT2D eigenvalue weighted by Crippen LogP contribution is -2.40. The van der Waals surface area contributed by atoms with Crippen molar-refractivity contribution in [3.8, 4) is 0 Å². The first-order valence-electron chi connectivity index (χ1n) is 7.27. The van der Waals surface area contributed by atoms with Gasteiger partial charge in [0, 0.05) is 25.0 Å². The molecule has 1 fully saturated rings. The lowest BCUT2D eigenvalue weighted by molar-refractivity contribution is 0.288. The monoisotopic (exact) mass is 273 g/mol. The van der Waals surface area contributed by atoms with Crippen molar-refractivity contribution in [2.75, 3.05) is 6.54 Å². The summed E-state index contributed by atoms with van der Waals surface area (Å²) in [5.41, 5.74) is 1.26. The number of hydrogen-bond acceptors (Lipinski definition) is 2.